The highest BCUT2D eigenvalue weighted by Crippen LogP contribution is 2.33. The molecule has 0 bridgehead atoms. The number of thiophene rings is 1. The molecule has 116 valence electrons. The molecule has 0 saturated heterocycles. The van der Waals surface area contributed by atoms with Gasteiger partial charge < -0.3 is 5.32 Å². The minimum Gasteiger partial charge on any atom is -0.321 e. The largest absolute Gasteiger partial charge is 0.321 e. The highest BCUT2D eigenvalue weighted by Gasteiger charge is 2.22. The van der Waals surface area contributed by atoms with Crippen LogP contribution < -0.4 is 5.32 Å². The normalized spacial score (nSPS) is 17.1. The number of carbonyl (C=O) groups excluding carboxylic acids is 1. The second-order valence-corrected chi connectivity index (χ2v) is 7.54. The van der Waals surface area contributed by atoms with E-state index in [4.69, 9.17) is 0 Å². The molecule has 0 fully saturated rings. The number of rotatable bonds is 3. The van der Waals surface area contributed by atoms with Gasteiger partial charge in [-0.1, -0.05) is 19.4 Å². The van der Waals surface area contributed by atoms with E-state index in [1.165, 1.54) is 34.4 Å². The number of hydrogen-bond acceptors (Lipinski definition) is 2. The predicted octanol–water partition coefficient (Wildman–Crippen LogP) is 5.13. The van der Waals surface area contributed by atoms with Crippen LogP contribution in [-0.2, 0) is 12.8 Å². The maximum atomic E-state index is 12.5. The first-order chi connectivity index (χ1) is 10.5. The Balaban J connectivity index is 1.77. The van der Waals surface area contributed by atoms with E-state index in [1.807, 2.05) is 12.1 Å². The molecule has 3 rings (SSSR count). The molecule has 1 N–H and O–H groups in total. The van der Waals surface area contributed by atoms with Gasteiger partial charge in [0, 0.05) is 10.6 Å². The minimum absolute atomic E-state index is 0.0254. The molecule has 1 aliphatic rings. The summed E-state index contributed by atoms with van der Waals surface area (Å²) in [4.78, 5) is 14.8. The van der Waals surface area contributed by atoms with Crippen molar-refractivity contribution in [2.45, 2.75) is 46.5 Å². The minimum atomic E-state index is 0.0254. The summed E-state index contributed by atoms with van der Waals surface area (Å²) in [6.07, 6.45) is 4.77. The van der Waals surface area contributed by atoms with Gasteiger partial charge >= 0.3 is 0 Å². The summed E-state index contributed by atoms with van der Waals surface area (Å²) in [5.74, 6) is 0.815. The lowest BCUT2D eigenvalue weighted by Crippen LogP contribution is -2.11. The summed E-state index contributed by atoms with van der Waals surface area (Å²) >= 11 is 1.67. The van der Waals surface area contributed by atoms with Gasteiger partial charge in [-0.25, -0.2) is 0 Å². The van der Waals surface area contributed by atoms with E-state index in [0.717, 1.165) is 29.3 Å². The van der Waals surface area contributed by atoms with Gasteiger partial charge in [-0.3, -0.25) is 4.79 Å². The highest BCUT2D eigenvalue weighted by atomic mass is 32.1. The van der Waals surface area contributed by atoms with Gasteiger partial charge in [0.05, 0.1) is 4.88 Å². The Labute approximate surface area is 136 Å². The van der Waals surface area contributed by atoms with Crippen LogP contribution in [-0.4, -0.2) is 5.91 Å². The first kappa shape index (κ1) is 15.3. The Hall–Kier alpha value is -1.61. The lowest BCUT2D eigenvalue weighted by atomic mass is 9.87. The number of hydrogen-bond donors (Lipinski definition) is 1. The predicted molar refractivity (Wildman–Crippen MR) is 94.0 cm³/mol. The van der Waals surface area contributed by atoms with Crippen molar-refractivity contribution in [3.63, 3.8) is 0 Å². The first-order valence-corrected chi connectivity index (χ1v) is 8.88. The Morgan fingerprint density at radius 1 is 1.23 bits per heavy atom. The maximum Gasteiger partial charge on any atom is 0.265 e. The van der Waals surface area contributed by atoms with E-state index >= 15 is 0 Å². The van der Waals surface area contributed by atoms with Crippen molar-refractivity contribution >= 4 is 22.9 Å². The van der Waals surface area contributed by atoms with Crippen molar-refractivity contribution in [1.82, 2.24) is 0 Å². The fourth-order valence-corrected chi connectivity index (χ4v) is 4.40. The first-order valence-electron chi connectivity index (χ1n) is 8.06. The number of amides is 1. The molecule has 2 nitrogen and oxygen atoms in total. The third-order valence-corrected chi connectivity index (χ3v) is 5.70. The number of fused-ring (bicyclic) bond motifs is 1. The third kappa shape index (κ3) is 3.25. The number of carbonyl (C=O) groups is 1. The molecule has 3 heteroatoms. The molecular formula is C19H23NOS. The van der Waals surface area contributed by atoms with Crippen LogP contribution >= 0.6 is 11.3 Å². The van der Waals surface area contributed by atoms with Crippen molar-refractivity contribution in [3.8, 4) is 0 Å². The van der Waals surface area contributed by atoms with Crippen LogP contribution in [0.4, 0.5) is 5.69 Å². The molecule has 1 amide bonds. The summed E-state index contributed by atoms with van der Waals surface area (Å²) in [6.45, 7) is 6.37. The van der Waals surface area contributed by atoms with Crippen molar-refractivity contribution in [2.24, 2.45) is 5.92 Å². The van der Waals surface area contributed by atoms with E-state index < -0.39 is 0 Å². The van der Waals surface area contributed by atoms with Crippen LogP contribution in [0.3, 0.4) is 0 Å². The summed E-state index contributed by atoms with van der Waals surface area (Å²) in [5.41, 5.74) is 4.63. The molecule has 1 aromatic carbocycles. The van der Waals surface area contributed by atoms with E-state index in [0.29, 0.717) is 0 Å². The fraction of sp³-hybridized carbons (Fsp3) is 0.421. The number of benzene rings is 1. The summed E-state index contributed by atoms with van der Waals surface area (Å²) in [5, 5.41) is 3.05. The maximum absolute atomic E-state index is 12.5. The van der Waals surface area contributed by atoms with Gasteiger partial charge in [-0.05, 0) is 73.9 Å². The molecule has 1 aromatic heterocycles. The standard InChI is InChI=1S/C19H23NOS/c1-4-14-5-6-17-15(10-14)11-18(22-17)19(21)20-16-8-12(2)7-13(3)9-16/h7-9,11,14H,4-6,10H2,1-3H3,(H,20,21)/t14-/m1/s1. The van der Waals surface area contributed by atoms with Crippen molar-refractivity contribution in [2.75, 3.05) is 5.32 Å². The second-order valence-electron chi connectivity index (χ2n) is 6.41. The van der Waals surface area contributed by atoms with Gasteiger partial charge in [-0.2, -0.15) is 0 Å². The quantitative estimate of drug-likeness (QED) is 0.836. The fourth-order valence-electron chi connectivity index (χ4n) is 3.30. The topological polar surface area (TPSA) is 29.1 Å². The Morgan fingerprint density at radius 2 is 1.95 bits per heavy atom. The van der Waals surface area contributed by atoms with Gasteiger partial charge in [0.15, 0.2) is 0 Å². The molecule has 1 aliphatic carbocycles. The van der Waals surface area contributed by atoms with Gasteiger partial charge in [0.25, 0.3) is 5.91 Å². The molecular weight excluding hydrogens is 290 g/mol. The molecule has 0 saturated carbocycles. The third-order valence-electron chi connectivity index (χ3n) is 4.47. The molecule has 0 radical (unpaired) electrons. The van der Waals surface area contributed by atoms with Crippen LogP contribution in [0.2, 0.25) is 0 Å². The zero-order chi connectivity index (χ0) is 15.7. The van der Waals surface area contributed by atoms with Crippen molar-refractivity contribution in [1.29, 1.82) is 0 Å². The van der Waals surface area contributed by atoms with Crippen molar-refractivity contribution in [3.05, 3.63) is 50.7 Å². The molecule has 2 aromatic rings. The monoisotopic (exact) mass is 313 g/mol. The van der Waals surface area contributed by atoms with Gasteiger partial charge in [0.2, 0.25) is 0 Å². The summed E-state index contributed by atoms with van der Waals surface area (Å²) in [7, 11) is 0. The molecule has 0 spiro atoms. The van der Waals surface area contributed by atoms with E-state index in [2.05, 4.69) is 38.2 Å². The van der Waals surface area contributed by atoms with E-state index in [9.17, 15) is 4.79 Å². The molecule has 1 heterocycles. The van der Waals surface area contributed by atoms with Crippen LogP contribution in [0.1, 0.15) is 51.0 Å². The Bertz CT molecular complexity index is 681. The molecule has 1 atom stereocenters. The zero-order valence-electron chi connectivity index (χ0n) is 13.5. The van der Waals surface area contributed by atoms with E-state index in [-0.39, 0.29) is 5.91 Å². The van der Waals surface area contributed by atoms with Crippen LogP contribution in [0.25, 0.3) is 0 Å². The number of nitrogens with one attached hydrogen (secondary N) is 1. The Kier molecular flexibility index (Phi) is 4.34. The Morgan fingerprint density at radius 3 is 2.64 bits per heavy atom. The molecule has 0 aliphatic heterocycles. The highest BCUT2D eigenvalue weighted by molar-refractivity contribution is 7.14. The van der Waals surface area contributed by atoms with Gasteiger partial charge in [-0.15, -0.1) is 11.3 Å². The SMILES string of the molecule is CC[C@@H]1CCc2sc(C(=O)Nc3cc(C)cc(C)c3)cc2C1. The van der Waals surface area contributed by atoms with Crippen LogP contribution in [0, 0.1) is 19.8 Å². The number of anilines is 1. The average molecular weight is 313 g/mol. The van der Waals surface area contributed by atoms with Gasteiger partial charge in [0.1, 0.15) is 0 Å². The smallest absolute Gasteiger partial charge is 0.265 e. The number of aryl methyl sites for hydroxylation is 3. The van der Waals surface area contributed by atoms with E-state index in [1.54, 1.807) is 11.3 Å². The summed E-state index contributed by atoms with van der Waals surface area (Å²) in [6, 6.07) is 8.27. The van der Waals surface area contributed by atoms with Crippen molar-refractivity contribution < 1.29 is 4.79 Å². The van der Waals surface area contributed by atoms with Crippen LogP contribution in [0.5, 0.6) is 0 Å². The molecule has 22 heavy (non-hydrogen) atoms. The molecule has 0 unspecified atom stereocenters. The lowest BCUT2D eigenvalue weighted by Gasteiger charge is -2.19. The lowest BCUT2D eigenvalue weighted by molar-refractivity contribution is 0.103. The zero-order valence-corrected chi connectivity index (χ0v) is 14.3. The second kappa shape index (κ2) is 6.25. The summed E-state index contributed by atoms with van der Waals surface area (Å²) < 4.78 is 0. The van der Waals surface area contributed by atoms with Crippen LogP contribution in [0.15, 0.2) is 24.3 Å². The average Bonchev–Trinajstić information content (AvgIpc) is 2.89.